The molecule has 1 atom stereocenters. The fourth-order valence-electron chi connectivity index (χ4n) is 2.91. The fraction of sp³-hybridized carbons (Fsp3) is 0.692. The first-order chi connectivity index (χ1) is 8.30. The molecule has 0 saturated carbocycles. The monoisotopic (exact) mass is 269 g/mol. The zero-order valence-corrected chi connectivity index (χ0v) is 11.8. The van der Waals surface area contributed by atoms with Gasteiger partial charge in [0, 0.05) is 11.4 Å². The van der Waals surface area contributed by atoms with Crippen molar-refractivity contribution in [2.75, 3.05) is 24.7 Å². The third-order valence-electron chi connectivity index (χ3n) is 3.79. The lowest BCUT2D eigenvalue weighted by Crippen LogP contribution is -2.53. The summed E-state index contributed by atoms with van der Waals surface area (Å²) in [5.74, 6) is 2.47. The number of hydrogen-bond acceptors (Lipinski definition) is 4. The molecule has 3 rings (SSSR count). The molecule has 17 heavy (non-hydrogen) atoms. The average Bonchev–Trinajstić information content (AvgIpc) is 2.77. The Kier molecular flexibility index (Phi) is 3.48. The zero-order chi connectivity index (χ0) is 11.7. The average molecular weight is 269 g/mol. The van der Waals surface area contributed by atoms with E-state index in [9.17, 15) is 0 Å². The van der Waals surface area contributed by atoms with Gasteiger partial charge in [0.05, 0.1) is 18.2 Å². The van der Waals surface area contributed by atoms with Gasteiger partial charge < -0.3 is 10.1 Å². The van der Waals surface area contributed by atoms with Crippen molar-refractivity contribution in [3.8, 4) is 0 Å². The molecule has 1 aromatic heterocycles. The highest BCUT2D eigenvalue weighted by Crippen LogP contribution is 2.42. The highest BCUT2D eigenvalue weighted by Gasteiger charge is 2.43. The minimum atomic E-state index is 0.0665. The molecular formula is C13H19NOS2. The van der Waals surface area contributed by atoms with Crippen molar-refractivity contribution in [1.29, 1.82) is 0 Å². The van der Waals surface area contributed by atoms with Crippen molar-refractivity contribution in [2.24, 2.45) is 0 Å². The third kappa shape index (κ3) is 2.28. The van der Waals surface area contributed by atoms with Crippen molar-refractivity contribution < 1.29 is 4.74 Å². The van der Waals surface area contributed by atoms with E-state index in [2.05, 4.69) is 35.4 Å². The number of morpholine rings is 1. The highest BCUT2D eigenvalue weighted by atomic mass is 32.2. The standard InChI is InChI=1S/C13H19NOS2/c1-10-8-11(9-17-10)12-13(15-5-4-14-12)2-6-16-7-3-13/h8-9,12,14H,2-7H2,1H3. The Morgan fingerprint density at radius 3 is 2.94 bits per heavy atom. The molecule has 1 N–H and O–H groups in total. The van der Waals surface area contributed by atoms with Crippen LogP contribution in [0.5, 0.6) is 0 Å². The first-order valence-electron chi connectivity index (χ1n) is 6.30. The minimum Gasteiger partial charge on any atom is -0.372 e. The molecule has 0 radical (unpaired) electrons. The van der Waals surface area contributed by atoms with Crippen LogP contribution in [0, 0.1) is 6.92 Å². The van der Waals surface area contributed by atoms with E-state index in [1.807, 2.05) is 11.3 Å². The molecule has 1 unspecified atom stereocenters. The van der Waals surface area contributed by atoms with Crippen molar-refractivity contribution in [1.82, 2.24) is 5.32 Å². The summed E-state index contributed by atoms with van der Waals surface area (Å²) >= 11 is 3.90. The van der Waals surface area contributed by atoms with Crippen LogP contribution in [0.15, 0.2) is 11.4 Å². The summed E-state index contributed by atoms with van der Waals surface area (Å²) in [5.41, 5.74) is 1.50. The van der Waals surface area contributed by atoms with Gasteiger partial charge in [-0.15, -0.1) is 11.3 Å². The second kappa shape index (κ2) is 4.92. The minimum absolute atomic E-state index is 0.0665. The summed E-state index contributed by atoms with van der Waals surface area (Å²) in [6.45, 7) is 4.03. The van der Waals surface area contributed by atoms with Crippen molar-refractivity contribution in [3.05, 3.63) is 21.9 Å². The van der Waals surface area contributed by atoms with Crippen LogP contribution in [0.3, 0.4) is 0 Å². The molecule has 4 heteroatoms. The molecule has 1 spiro atoms. The van der Waals surface area contributed by atoms with E-state index in [0.29, 0.717) is 6.04 Å². The van der Waals surface area contributed by atoms with Crippen LogP contribution in [0.2, 0.25) is 0 Å². The van der Waals surface area contributed by atoms with E-state index in [4.69, 9.17) is 4.74 Å². The summed E-state index contributed by atoms with van der Waals surface area (Å²) in [4.78, 5) is 1.40. The first-order valence-corrected chi connectivity index (χ1v) is 8.34. The molecule has 94 valence electrons. The lowest BCUT2D eigenvalue weighted by molar-refractivity contribution is -0.103. The van der Waals surface area contributed by atoms with Gasteiger partial charge in [-0.1, -0.05) is 0 Å². The molecule has 2 fully saturated rings. The second-order valence-electron chi connectivity index (χ2n) is 4.90. The van der Waals surface area contributed by atoms with E-state index in [1.54, 1.807) is 0 Å². The Labute approximate surface area is 111 Å². The first kappa shape index (κ1) is 12.0. The molecule has 0 aromatic carbocycles. The smallest absolute Gasteiger partial charge is 0.0892 e. The molecular weight excluding hydrogens is 250 g/mol. The quantitative estimate of drug-likeness (QED) is 0.847. The molecule has 2 aliphatic heterocycles. The van der Waals surface area contributed by atoms with Gasteiger partial charge in [-0.3, -0.25) is 0 Å². The van der Waals surface area contributed by atoms with Gasteiger partial charge in [-0.25, -0.2) is 0 Å². The van der Waals surface area contributed by atoms with Crippen LogP contribution >= 0.6 is 23.1 Å². The van der Waals surface area contributed by atoms with Crippen LogP contribution in [0.25, 0.3) is 0 Å². The number of ether oxygens (including phenoxy) is 1. The lowest BCUT2D eigenvalue weighted by atomic mass is 9.83. The third-order valence-corrected chi connectivity index (χ3v) is 5.65. The van der Waals surface area contributed by atoms with Crippen LogP contribution in [0.1, 0.15) is 29.3 Å². The molecule has 2 aliphatic rings. The number of aryl methyl sites for hydroxylation is 1. The molecule has 1 aromatic rings. The van der Waals surface area contributed by atoms with E-state index in [0.717, 1.165) is 13.2 Å². The summed E-state index contributed by atoms with van der Waals surface area (Å²) < 4.78 is 6.21. The molecule has 0 amide bonds. The maximum Gasteiger partial charge on any atom is 0.0892 e. The van der Waals surface area contributed by atoms with Gasteiger partial charge in [-0.2, -0.15) is 11.8 Å². The van der Waals surface area contributed by atoms with Gasteiger partial charge in [0.25, 0.3) is 0 Å². The Morgan fingerprint density at radius 1 is 1.41 bits per heavy atom. The Morgan fingerprint density at radius 2 is 2.24 bits per heavy atom. The predicted molar refractivity (Wildman–Crippen MR) is 75.0 cm³/mol. The number of hydrogen-bond donors (Lipinski definition) is 1. The number of rotatable bonds is 1. The van der Waals surface area contributed by atoms with E-state index in [1.165, 1.54) is 34.8 Å². The highest BCUT2D eigenvalue weighted by molar-refractivity contribution is 7.99. The Bertz CT molecular complexity index is 376. The number of thioether (sulfide) groups is 1. The van der Waals surface area contributed by atoms with Gasteiger partial charge in [0.1, 0.15) is 0 Å². The van der Waals surface area contributed by atoms with Crippen molar-refractivity contribution in [2.45, 2.75) is 31.4 Å². The lowest BCUT2D eigenvalue weighted by Gasteiger charge is -2.46. The Balaban J connectivity index is 1.89. The second-order valence-corrected chi connectivity index (χ2v) is 7.24. The SMILES string of the molecule is Cc1cc(C2NCCOC23CCSCC3)cs1. The predicted octanol–water partition coefficient (Wildman–Crippen LogP) is 2.98. The molecule has 2 nitrogen and oxygen atoms in total. The summed E-state index contributed by atoms with van der Waals surface area (Å²) in [6.07, 6.45) is 2.37. The van der Waals surface area contributed by atoms with E-state index in [-0.39, 0.29) is 5.60 Å². The zero-order valence-electron chi connectivity index (χ0n) is 10.2. The molecule has 0 aliphatic carbocycles. The summed E-state index contributed by atoms with van der Waals surface area (Å²) in [6, 6.07) is 2.72. The van der Waals surface area contributed by atoms with Crippen molar-refractivity contribution in [3.63, 3.8) is 0 Å². The number of nitrogens with one attached hydrogen (secondary N) is 1. The van der Waals surface area contributed by atoms with Gasteiger partial charge in [0.2, 0.25) is 0 Å². The maximum atomic E-state index is 6.21. The Hall–Kier alpha value is -0.0300. The normalized spacial score (nSPS) is 28.4. The summed E-state index contributed by atoms with van der Waals surface area (Å²) in [7, 11) is 0. The molecule has 0 bridgehead atoms. The van der Waals surface area contributed by atoms with Crippen molar-refractivity contribution >= 4 is 23.1 Å². The van der Waals surface area contributed by atoms with E-state index < -0.39 is 0 Å². The van der Waals surface area contributed by atoms with Crippen LogP contribution in [-0.2, 0) is 4.74 Å². The largest absolute Gasteiger partial charge is 0.372 e. The number of thiophene rings is 1. The molecule has 3 heterocycles. The van der Waals surface area contributed by atoms with Gasteiger partial charge in [-0.05, 0) is 48.3 Å². The fourth-order valence-corrected chi connectivity index (χ4v) is 4.83. The van der Waals surface area contributed by atoms with Gasteiger partial charge >= 0.3 is 0 Å². The van der Waals surface area contributed by atoms with Crippen LogP contribution < -0.4 is 5.32 Å². The van der Waals surface area contributed by atoms with Crippen LogP contribution in [0.4, 0.5) is 0 Å². The topological polar surface area (TPSA) is 21.3 Å². The maximum absolute atomic E-state index is 6.21. The van der Waals surface area contributed by atoms with E-state index >= 15 is 0 Å². The van der Waals surface area contributed by atoms with Gasteiger partial charge in [0.15, 0.2) is 0 Å². The van der Waals surface area contributed by atoms with Crippen LogP contribution in [-0.4, -0.2) is 30.3 Å². The summed E-state index contributed by atoms with van der Waals surface area (Å²) in [5, 5.41) is 5.98. The molecule has 2 saturated heterocycles.